The van der Waals surface area contributed by atoms with Crippen molar-refractivity contribution in [2.24, 2.45) is 5.92 Å². The summed E-state index contributed by atoms with van der Waals surface area (Å²) in [5, 5.41) is 0. The minimum absolute atomic E-state index is 0.392. The third-order valence-corrected chi connectivity index (χ3v) is 8.90. The average molecular weight is 505 g/mol. The number of aromatic nitrogens is 1. The predicted molar refractivity (Wildman–Crippen MR) is 154 cm³/mol. The van der Waals surface area contributed by atoms with Crippen LogP contribution in [0.25, 0.3) is 0 Å². The van der Waals surface area contributed by atoms with Gasteiger partial charge in [-0.3, -0.25) is 0 Å². The zero-order valence-electron chi connectivity index (χ0n) is 25.1. The number of quaternary nitrogens is 2. The number of pyridine rings is 1. The highest BCUT2D eigenvalue weighted by Crippen LogP contribution is 2.27. The quantitative estimate of drug-likeness (QED) is 0.150. The Kier molecular flexibility index (Phi) is 14.6. The summed E-state index contributed by atoms with van der Waals surface area (Å²) in [6.45, 7) is 26.3. The Hall–Kier alpha value is -0.970. The van der Waals surface area contributed by atoms with Crippen molar-refractivity contribution in [3.05, 3.63) is 30.1 Å². The van der Waals surface area contributed by atoms with Crippen LogP contribution in [0.5, 0.6) is 0 Å². The zero-order chi connectivity index (χ0) is 26.3. The van der Waals surface area contributed by atoms with Crippen LogP contribution < -0.4 is 4.57 Å². The van der Waals surface area contributed by atoms with Crippen molar-refractivity contribution in [3.63, 3.8) is 0 Å². The second-order valence-electron chi connectivity index (χ2n) is 12.0. The van der Waals surface area contributed by atoms with E-state index in [1.165, 1.54) is 112 Å². The summed E-state index contributed by atoms with van der Waals surface area (Å²) in [7, 11) is 0. The lowest BCUT2D eigenvalue weighted by atomic mass is 9.96. The minimum Gasteiger partial charge on any atom is -0.366 e. The summed E-state index contributed by atoms with van der Waals surface area (Å²) in [5.74, 6) is 0.628. The molecule has 1 aliphatic rings. The number of hydrogen-bond donors (Lipinski definition) is 0. The van der Waals surface area contributed by atoms with Crippen LogP contribution in [-0.2, 0) is 17.8 Å². The molecule has 4 nitrogen and oxygen atoms in total. The van der Waals surface area contributed by atoms with Crippen molar-refractivity contribution in [3.8, 4) is 0 Å². The predicted octanol–water partition coefficient (Wildman–Crippen LogP) is 6.75. The standard InChI is InChI=1S/C32H62N3O/c1-7-12-20-34(21-13-8-2,22-14-9-3)24-18-30(6)32-29-35(23-15-10-4,25-26-36-32)28-31-17-16-19-33(11-5)27-31/h16-17,19,27,30,32H,7-15,18,20-26,28-29H2,1-6H3/q+3. The van der Waals surface area contributed by atoms with Gasteiger partial charge in [0.25, 0.3) is 0 Å². The van der Waals surface area contributed by atoms with Gasteiger partial charge in [-0.2, -0.15) is 0 Å². The molecule has 0 saturated carbocycles. The van der Waals surface area contributed by atoms with Gasteiger partial charge in [0, 0.05) is 12.5 Å². The monoisotopic (exact) mass is 504 g/mol. The number of hydrogen-bond acceptors (Lipinski definition) is 1. The molecule has 1 aromatic heterocycles. The van der Waals surface area contributed by atoms with Crippen LogP contribution in [0, 0.1) is 5.92 Å². The molecule has 208 valence electrons. The van der Waals surface area contributed by atoms with Crippen LogP contribution >= 0.6 is 0 Å². The van der Waals surface area contributed by atoms with Crippen molar-refractivity contribution in [2.45, 2.75) is 119 Å². The van der Waals surface area contributed by atoms with Crippen molar-refractivity contribution < 1.29 is 18.3 Å². The molecular weight excluding hydrogens is 442 g/mol. The molecule has 0 spiro atoms. The third-order valence-electron chi connectivity index (χ3n) is 8.90. The highest BCUT2D eigenvalue weighted by atomic mass is 16.5. The van der Waals surface area contributed by atoms with Crippen LogP contribution in [0.15, 0.2) is 24.5 Å². The van der Waals surface area contributed by atoms with Gasteiger partial charge in [-0.05, 0) is 44.6 Å². The maximum Gasteiger partial charge on any atom is 0.177 e. The number of unbranched alkanes of at least 4 members (excludes halogenated alkanes) is 4. The molecule has 4 heteroatoms. The van der Waals surface area contributed by atoms with E-state index in [4.69, 9.17) is 4.74 Å². The first-order valence-corrected chi connectivity index (χ1v) is 15.7. The van der Waals surface area contributed by atoms with Crippen molar-refractivity contribution in [2.75, 3.05) is 52.4 Å². The molecule has 36 heavy (non-hydrogen) atoms. The highest BCUT2D eigenvalue weighted by Gasteiger charge is 2.39. The van der Waals surface area contributed by atoms with E-state index in [-0.39, 0.29) is 0 Å². The van der Waals surface area contributed by atoms with E-state index in [2.05, 4.69) is 70.6 Å². The molecule has 0 amide bonds. The zero-order valence-corrected chi connectivity index (χ0v) is 25.1. The maximum absolute atomic E-state index is 6.54. The largest absolute Gasteiger partial charge is 0.366 e. The summed E-state index contributed by atoms with van der Waals surface area (Å²) in [6, 6.07) is 4.57. The van der Waals surface area contributed by atoms with Crippen molar-refractivity contribution in [1.29, 1.82) is 0 Å². The van der Waals surface area contributed by atoms with Gasteiger partial charge in [0.1, 0.15) is 32.3 Å². The Morgan fingerprint density at radius 2 is 1.58 bits per heavy atom. The summed E-state index contributed by atoms with van der Waals surface area (Å²) < 4.78 is 11.4. The number of nitrogens with zero attached hydrogens (tertiary/aromatic N) is 3. The van der Waals surface area contributed by atoms with Gasteiger partial charge in [0.2, 0.25) is 0 Å². The smallest absolute Gasteiger partial charge is 0.177 e. The minimum atomic E-state index is 0.392. The van der Waals surface area contributed by atoms with Crippen molar-refractivity contribution >= 4 is 0 Å². The lowest BCUT2D eigenvalue weighted by molar-refractivity contribution is -0.952. The maximum atomic E-state index is 6.54. The van der Waals surface area contributed by atoms with E-state index in [0.717, 1.165) is 26.2 Å². The summed E-state index contributed by atoms with van der Waals surface area (Å²) in [5.41, 5.74) is 1.48. The van der Waals surface area contributed by atoms with Crippen LogP contribution in [0.3, 0.4) is 0 Å². The first-order valence-electron chi connectivity index (χ1n) is 15.7. The molecule has 0 aliphatic carbocycles. The molecule has 1 aliphatic heterocycles. The Balaban J connectivity index is 2.12. The van der Waals surface area contributed by atoms with Gasteiger partial charge in [-0.1, -0.05) is 60.3 Å². The molecule has 0 N–H and O–H groups in total. The molecule has 1 aromatic rings. The average Bonchev–Trinajstić information content (AvgIpc) is 2.91. The van der Waals surface area contributed by atoms with E-state index in [9.17, 15) is 0 Å². The second-order valence-corrected chi connectivity index (χ2v) is 12.0. The van der Waals surface area contributed by atoms with Crippen LogP contribution in [0.1, 0.15) is 105 Å². The van der Waals surface area contributed by atoms with E-state index in [1.807, 2.05) is 0 Å². The van der Waals surface area contributed by atoms with Gasteiger partial charge in [0.15, 0.2) is 12.4 Å². The fourth-order valence-electron chi connectivity index (χ4n) is 6.26. The van der Waals surface area contributed by atoms with Gasteiger partial charge in [-0.15, -0.1) is 0 Å². The van der Waals surface area contributed by atoms with E-state index in [0.29, 0.717) is 12.0 Å². The lowest BCUT2D eigenvalue weighted by Gasteiger charge is -2.46. The molecule has 2 rings (SSSR count). The first-order chi connectivity index (χ1) is 17.4. The molecule has 3 unspecified atom stereocenters. The van der Waals surface area contributed by atoms with Gasteiger partial charge in [-0.25, -0.2) is 4.57 Å². The summed E-state index contributed by atoms with van der Waals surface area (Å²) in [4.78, 5) is 0. The highest BCUT2D eigenvalue weighted by molar-refractivity contribution is 5.03. The van der Waals surface area contributed by atoms with E-state index in [1.54, 1.807) is 0 Å². The Morgan fingerprint density at radius 1 is 0.944 bits per heavy atom. The van der Waals surface area contributed by atoms with E-state index >= 15 is 0 Å². The Morgan fingerprint density at radius 3 is 2.17 bits per heavy atom. The molecule has 1 saturated heterocycles. The SMILES string of the molecule is CCCC[N+](CCCC)(CCCC)CCC(C)C1C[N+](CCCC)(Cc2ccc[n+](CC)c2)CCO1. The van der Waals surface area contributed by atoms with Crippen LogP contribution in [0.4, 0.5) is 0 Å². The van der Waals surface area contributed by atoms with Crippen molar-refractivity contribution in [1.82, 2.24) is 0 Å². The number of aryl methyl sites for hydroxylation is 1. The lowest BCUT2D eigenvalue weighted by Crippen LogP contribution is -2.59. The van der Waals surface area contributed by atoms with Crippen LogP contribution in [-0.4, -0.2) is 67.5 Å². The Labute approximate surface area is 225 Å². The molecule has 0 aromatic carbocycles. The fourth-order valence-corrected chi connectivity index (χ4v) is 6.26. The molecular formula is C32H62N3O+3. The summed E-state index contributed by atoms with van der Waals surface area (Å²) in [6.07, 6.45) is 16.9. The number of rotatable bonds is 19. The molecule has 0 radical (unpaired) electrons. The fraction of sp³-hybridized carbons (Fsp3) is 0.844. The molecule has 1 fully saturated rings. The third kappa shape index (κ3) is 10.1. The van der Waals surface area contributed by atoms with Gasteiger partial charge < -0.3 is 13.7 Å². The normalized spacial score (nSPS) is 21.6. The summed E-state index contributed by atoms with van der Waals surface area (Å²) >= 11 is 0. The Bertz CT molecular complexity index is 687. The molecule has 3 atom stereocenters. The van der Waals surface area contributed by atoms with E-state index < -0.39 is 0 Å². The molecule has 2 heterocycles. The topological polar surface area (TPSA) is 13.1 Å². The van der Waals surface area contributed by atoms with Gasteiger partial charge in [0.05, 0.1) is 44.9 Å². The number of morpholine rings is 1. The first kappa shape index (κ1) is 31.2. The second kappa shape index (κ2) is 16.8. The number of ether oxygens (including phenoxy) is 1. The van der Waals surface area contributed by atoms with Gasteiger partial charge >= 0.3 is 0 Å². The molecule has 0 bridgehead atoms. The van der Waals surface area contributed by atoms with Crippen LogP contribution in [0.2, 0.25) is 0 Å².